The summed E-state index contributed by atoms with van der Waals surface area (Å²) in [5.74, 6) is 7.94. The number of rotatable bonds is 7. The summed E-state index contributed by atoms with van der Waals surface area (Å²) in [5, 5.41) is 2.57. The zero-order valence-corrected chi connectivity index (χ0v) is 38.4. The Balaban J connectivity index is 0.000000208. The van der Waals surface area contributed by atoms with Crippen molar-refractivity contribution in [2.75, 3.05) is 0 Å². The van der Waals surface area contributed by atoms with Gasteiger partial charge in [-0.05, 0) is 51.2 Å². The molecule has 8 aromatic rings. The molecule has 0 fully saturated rings. The van der Waals surface area contributed by atoms with Gasteiger partial charge in [0.05, 0.1) is 16.9 Å². The normalized spacial score (nSPS) is 13.3. The van der Waals surface area contributed by atoms with Crippen LogP contribution in [0.2, 0.25) is 17.3 Å². The second-order valence-corrected chi connectivity index (χ2v) is 27.5. The maximum Gasteiger partial charge on any atom is 0 e. The second kappa shape index (κ2) is 16.7. The first-order valence-corrected chi connectivity index (χ1v) is 27.0. The van der Waals surface area contributed by atoms with Crippen LogP contribution < -0.4 is 4.40 Å². The van der Waals surface area contributed by atoms with E-state index in [9.17, 15) is 0 Å². The predicted octanol–water partition coefficient (Wildman–Crippen LogP) is 13.6. The van der Waals surface area contributed by atoms with Gasteiger partial charge in [0.25, 0.3) is 0 Å². The van der Waals surface area contributed by atoms with E-state index in [2.05, 4.69) is 146 Å². The van der Waals surface area contributed by atoms with E-state index in [0.717, 1.165) is 39.2 Å². The molecule has 283 valence electrons. The molecule has 0 amide bonds. The van der Waals surface area contributed by atoms with Crippen LogP contribution in [-0.4, -0.2) is 27.8 Å². The summed E-state index contributed by atoms with van der Waals surface area (Å²) in [5.41, 5.74) is 9.95. The standard InChI is InChI=1S/C31H27N2S.C18H24GeN.Ir/c1-19(2)21-12-9-13-22(20(3)4)29(21)33-27-17-7-6-16-26(27)32-31(33)25-15-10-14-24-23-11-5-8-18-28(23)34-30(24)25;1-13(2)16-11-18(15-9-7-14(3)8-10-15)20-12-17(16)19(4,5)6;/h5-14,16-20H,1-4H3;7-9,11-13H,1-6H3;/q2*-1;/i;3D3,13D;. The Morgan fingerprint density at radius 2 is 1.49 bits per heavy atom. The average Bonchev–Trinajstić information content (AvgIpc) is 3.75. The van der Waals surface area contributed by atoms with Crippen molar-refractivity contribution >= 4 is 60.2 Å². The molecule has 8 rings (SSSR count). The molecule has 55 heavy (non-hydrogen) atoms. The molecule has 1 radical (unpaired) electrons. The number of imidazole rings is 1. The minimum Gasteiger partial charge on any atom is 0 e. The van der Waals surface area contributed by atoms with Gasteiger partial charge in [-0.1, -0.05) is 87.2 Å². The minimum absolute atomic E-state index is 0. The number of nitrogens with zero attached hydrogens (tertiary/aromatic N) is 3. The number of thiophene rings is 1. The fraction of sp³-hybridized carbons (Fsp3) is 0.265. The van der Waals surface area contributed by atoms with Crippen LogP contribution in [-0.2, 0) is 20.1 Å². The third-order valence-electron chi connectivity index (χ3n) is 10.0. The SMILES string of the molecule is CC(C)c1cccc(C(C)C)c1-n1c(-c2[c-]ccc3c2sc2ccccc23)nc2ccccc21.[2H]C([2H])([2H])c1c[c-]c(-c2cc(C([2H])(C)C)[c]([Ge]([CH3])([CH3])[CH3])cn2)cc1.[Ir]. The number of fused-ring (bicyclic) bond motifs is 4. The number of aromatic nitrogens is 3. The largest absolute Gasteiger partial charge is 0 e. The Kier molecular flexibility index (Phi) is 10.8. The average molecular weight is 983 g/mol. The van der Waals surface area contributed by atoms with Crippen LogP contribution in [0.25, 0.3) is 59.5 Å². The summed E-state index contributed by atoms with van der Waals surface area (Å²) in [6, 6.07) is 41.6. The topological polar surface area (TPSA) is 30.7 Å². The van der Waals surface area contributed by atoms with E-state index in [-0.39, 0.29) is 25.7 Å². The van der Waals surface area contributed by atoms with Crippen LogP contribution in [0.15, 0.2) is 109 Å². The number of aryl methyl sites for hydroxylation is 1. The third-order valence-corrected chi connectivity index (χ3v) is 15.5. The molecule has 0 bridgehead atoms. The molecule has 0 spiro atoms. The molecule has 0 N–H and O–H groups in total. The summed E-state index contributed by atoms with van der Waals surface area (Å²) in [7, 11) is 0. The van der Waals surface area contributed by atoms with E-state index in [1.165, 1.54) is 47.4 Å². The predicted molar refractivity (Wildman–Crippen MR) is 237 cm³/mol. The Morgan fingerprint density at radius 1 is 0.782 bits per heavy atom. The van der Waals surface area contributed by atoms with Gasteiger partial charge in [0, 0.05) is 30.5 Å². The van der Waals surface area contributed by atoms with E-state index in [0.29, 0.717) is 11.8 Å². The zero-order valence-electron chi connectivity index (χ0n) is 37.1. The number of hydrogen-bond acceptors (Lipinski definition) is 3. The van der Waals surface area contributed by atoms with Crippen molar-refractivity contribution in [3.8, 4) is 28.3 Å². The fourth-order valence-electron chi connectivity index (χ4n) is 7.24. The molecule has 0 aliphatic rings. The first-order chi connectivity index (χ1) is 27.3. The summed E-state index contributed by atoms with van der Waals surface area (Å²) >= 11 is -0.307. The smallest absolute Gasteiger partial charge is 0 e. The molecule has 3 heterocycles. The van der Waals surface area contributed by atoms with E-state index in [4.69, 9.17) is 10.5 Å². The summed E-state index contributed by atoms with van der Waals surface area (Å²) in [4.78, 5) is 9.79. The molecule has 6 heteroatoms. The molecular formula is C49H51GeIrN3S-2. The van der Waals surface area contributed by atoms with Gasteiger partial charge < -0.3 is 4.57 Å². The van der Waals surface area contributed by atoms with Crippen molar-refractivity contribution in [2.45, 2.75) is 83.4 Å². The van der Waals surface area contributed by atoms with Crippen molar-refractivity contribution in [3.05, 3.63) is 144 Å². The van der Waals surface area contributed by atoms with E-state index in [1.54, 1.807) is 12.1 Å². The van der Waals surface area contributed by atoms with Gasteiger partial charge in [-0.25, -0.2) is 0 Å². The monoisotopic (exact) mass is 984 g/mol. The van der Waals surface area contributed by atoms with Crippen molar-refractivity contribution < 1.29 is 25.6 Å². The van der Waals surface area contributed by atoms with E-state index >= 15 is 0 Å². The van der Waals surface area contributed by atoms with Gasteiger partial charge in [0.15, 0.2) is 0 Å². The van der Waals surface area contributed by atoms with Crippen molar-refractivity contribution in [3.63, 3.8) is 0 Å². The number of pyridine rings is 1. The molecule has 3 aromatic heterocycles. The van der Waals surface area contributed by atoms with Gasteiger partial charge in [-0.15, -0.1) is 18.2 Å². The molecular weight excluding hydrogens is 927 g/mol. The molecule has 0 saturated heterocycles. The van der Waals surface area contributed by atoms with Crippen LogP contribution in [0.1, 0.15) is 87.0 Å². The maximum absolute atomic E-state index is 8.49. The first-order valence-electron chi connectivity index (χ1n) is 20.8. The third kappa shape index (κ3) is 8.18. The Labute approximate surface area is 353 Å². The van der Waals surface area contributed by atoms with Crippen LogP contribution in [0.4, 0.5) is 0 Å². The molecule has 0 atom stereocenters. The molecule has 3 nitrogen and oxygen atoms in total. The fourth-order valence-corrected chi connectivity index (χ4v) is 11.8. The summed E-state index contributed by atoms with van der Waals surface area (Å²) in [6.45, 7) is 10.8. The zero-order chi connectivity index (χ0) is 41.7. The molecule has 0 aliphatic carbocycles. The molecule has 5 aromatic carbocycles. The maximum atomic E-state index is 8.49. The molecule has 0 aliphatic heterocycles. The van der Waals surface area contributed by atoms with E-state index < -0.39 is 26.0 Å². The minimum atomic E-state index is -2.14. The summed E-state index contributed by atoms with van der Waals surface area (Å²) in [6.07, 6.45) is 1.91. The van der Waals surface area contributed by atoms with Gasteiger partial charge in [0.1, 0.15) is 0 Å². The Morgan fingerprint density at radius 3 is 2.15 bits per heavy atom. The number of hydrogen-bond donors (Lipinski definition) is 0. The first kappa shape index (κ1) is 35.5. The second-order valence-electron chi connectivity index (χ2n) is 15.9. The number of para-hydroxylation sites is 3. The van der Waals surface area contributed by atoms with Gasteiger partial charge in [-0.2, -0.15) is 11.3 Å². The molecule has 0 saturated carbocycles. The quantitative estimate of drug-likeness (QED) is 0.118. The molecule has 0 unspecified atom stereocenters. The van der Waals surface area contributed by atoms with Gasteiger partial charge in [-0.3, -0.25) is 4.98 Å². The van der Waals surface area contributed by atoms with Crippen molar-refractivity contribution in [1.29, 1.82) is 0 Å². The van der Waals surface area contributed by atoms with Crippen LogP contribution in [0.5, 0.6) is 0 Å². The summed E-state index contributed by atoms with van der Waals surface area (Å²) < 4.78 is 37.0. The Hall–Kier alpha value is -3.87. The van der Waals surface area contributed by atoms with E-state index in [1.807, 2.05) is 37.4 Å². The number of benzene rings is 5. The van der Waals surface area contributed by atoms with Gasteiger partial charge in [0.2, 0.25) is 0 Å². The van der Waals surface area contributed by atoms with Crippen molar-refractivity contribution in [2.24, 2.45) is 0 Å². The van der Waals surface area contributed by atoms with Gasteiger partial charge >= 0.3 is 131 Å². The Bertz CT molecular complexity index is 2730. The van der Waals surface area contributed by atoms with Crippen molar-refractivity contribution in [1.82, 2.24) is 14.5 Å². The van der Waals surface area contributed by atoms with Crippen LogP contribution in [0.3, 0.4) is 0 Å². The van der Waals surface area contributed by atoms with Crippen LogP contribution >= 0.6 is 11.3 Å². The van der Waals surface area contributed by atoms with Crippen LogP contribution in [0, 0.1) is 19.0 Å².